The van der Waals surface area contributed by atoms with Gasteiger partial charge in [0, 0.05) is 19.4 Å². The Bertz CT molecular complexity index is 869. The molecule has 0 amide bonds. The molecule has 0 bridgehead atoms. The van der Waals surface area contributed by atoms with Crippen molar-refractivity contribution in [2.75, 3.05) is 13.2 Å². The number of esters is 2. The van der Waals surface area contributed by atoms with E-state index in [2.05, 4.69) is 5.32 Å². The maximum absolute atomic E-state index is 12.1. The van der Waals surface area contributed by atoms with Crippen molar-refractivity contribution in [3.63, 3.8) is 0 Å². The van der Waals surface area contributed by atoms with Crippen LogP contribution in [-0.2, 0) is 30.3 Å². The highest BCUT2D eigenvalue weighted by Gasteiger charge is 2.22. The number of carbonyl (C=O) groups is 4. The van der Waals surface area contributed by atoms with Crippen LogP contribution in [0, 0.1) is 5.92 Å². The van der Waals surface area contributed by atoms with Gasteiger partial charge in [0.1, 0.15) is 12.1 Å². The molecular formula is C26H39NO9. The first-order chi connectivity index (χ1) is 17.0. The number of carboxylic acids is 1. The molecular weight excluding hydrogens is 470 g/mol. The van der Waals surface area contributed by atoms with Crippen molar-refractivity contribution in [3.8, 4) is 11.5 Å². The van der Waals surface area contributed by atoms with Crippen LogP contribution in [0.1, 0.15) is 72.3 Å². The van der Waals surface area contributed by atoms with Crippen LogP contribution < -0.4 is 14.8 Å². The molecule has 0 radical (unpaired) electrons. The van der Waals surface area contributed by atoms with Crippen LogP contribution in [0.5, 0.6) is 11.5 Å². The lowest BCUT2D eigenvalue weighted by molar-refractivity contribution is -0.139. The van der Waals surface area contributed by atoms with Gasteiger partial charge >= 0.3 is 24.1 Å². The summed E-state index contributed by atoms with van der Waals surface area (Å²) in [5.74, 6) is -1.51. The van der Waals surface area contributed by atoms with Crippen LogP contribution in [0.3, 0.4) is 0 Å². The normalized spacial score (nSPS) is 12.5. The molecule has 0 saturated carbocycles. The molecule has 0 aromatic heterocycles. The molecule has 0 aliphatic rings. The van der Waals surface area contributed by atoms with Gasteiger partial charge in [-0.25, -0.2) is 4.79 Å². The summed E-state index contributed by atoms with van der Waals surface area (Å²) in [6, 6.07) is 3.57. The van der Waals surface area contributed by atoms with Gasteiger partial charge in [0.2, 0.25) is 0 Å². The Hall–Kier alpha value is -3.14. The Morgan fingerprint density at radius 3 is 2.11 bits per heavy atom. The third-order valence-corrected chi connectivity index (χ3v) is 4.97. The number of carbonyl (C=O) groups excluding carboxylic acids is 3. The maximum atomic E-state index is 12.1. The molecule has 202 valence electrons. The molecule has 0 aliphatic carbocycles. The summed E-state index contributed by atoms with van der Waals surface area (Å²) in [5.41, 5.74) is 0.547. The molecule has 1 unspecified atom stereocenters. The molecule has 2 atom stereocenters. The van der Waals surface area contributed by atoms with E-state index in [1.165, 1.54) is 12.1 Å². The van der Waals surface area contributed by atoms with Gasteiger partial charge in [-0.1, -0.05) is 33.8 Å². The van der Waals surface area contributed by atoms with Crippen molar-refractivity contribution in [1.29, 1.82) is 0 Å². The van der Waals surface area contributed by atoms with Gasteiger partial charge in [0.25, 0.3) is 0 Å². The molecule has 36 heavy (non-hydrogen) atoms. The molecule has 0 heterocycles. The summed E-state index contributed by atoms with van der Waals surface area (Å²) in [7, 11) is 0. The minimum absolute atomic E-state index is 0.0441. The van der Waals surface area contributed by atoms with E-state index in [1.54, 1.807) is 13.0 Å². The van der Waals surface area contributed by atoms with E-state index < -0.39 is 36.2 Å². The van der Waals surface area contributed by atoms with E-state index in [1.807, 2.05) is 27.7 Å². The first kappa shape index (κ1) is 30.9. The zero-order valence-corrected chi connectivity index (χ0v) is 21.8. The first-order valence-electron chi connectivity index (χ1n) is 12.4. The van der Waals surface area contributed by atoms with Gasteiger partial charge in [-0.2, -0.15) is 0 Å². The van der Waals surface area contributed by atoms with Gasteiger partial charge in [-0.3, -0.25) is 14.4 Å². The molecule has 0 saturated heterocycles. The van der Waals surface area contributed by atoms with E-state index in [-0.39, 0.29) is 43.9 Å². The van der Waals surface area contributed by atoms with Gasteiger partial charge in [-0.05, 0) is 56.2 Å². The maximum Gasteiger partial charge on any atom is 0.508 e. The summed E-state index contributed by atoms with van der Waals surface area (Å²) in [6.07, 6.45) is 0.918. The van der Waals surface area contributed by atoms with Gasteiger partial charge in [-0.15, -0.1) is 0 Å². The van der Waals surface area contributed by atoms with Crippen molar-refractivity contribution in [3.05, 3.63) is 23.8 Å². The number of hydrogen-bond donors (Lipinski definition) is 2. The largest absolute Gasteiger partial charge is 0.508 e. The fourth-order valence-corrected chi connectivity index (χ4v) is 3.01. The van der Waals surface area contributed by atoms with E-state index in [0.717, 1.165) is 6.42 Å². The third kappa shape index (κ3) is 12.5. The van der Waals surface area contributed by atoms with Crippen LogP contribution in [-0.4, -0.2) is 54.5 Å². The van der Waals surface area contributed by atoms with Gasteiger partial charge < -0.3 is 29.4 Å². The third-order valence-electron chi connectivity index (χ3n) is 4.97. The number of aliphatic carboxylic acids is 1. The Morgan fingerprint density at radius 2 is 1.56 bits per heavy atom. The standard InChI is InChI=1S/C26H39NO9/c1-6-8-23(28)35-21-11-10-19(15-22(21)36-24(29)9-7-2)14-20(25(30)31)27-16-18(5)34-26(32)33-13-12-17(3)4/h10-11,15,17-18,20,27H,6-9,12-14,16H2,1-5H3,(H,30,31)/t18?,20-/m0/s1. The Kier molecular flexibility index (Phi) is 14.2. The number of nitrogens with one attached hydrogen (secondary N) is 1. The Balaban J connectivity index is 2.83. The number of benzene rings is 1. The van der Waals surface area contributed by atoms with Crippen molar-refractivity contribution in [2.45, 2.75) is 85.3 Å². The molecule has 1 aromatic rings. The van der Waals surface area contributed by atoms with E-state index in [9.17, 15) is 24.3 Å². The molecule has 0 fully saturated rings. The predicted molar refractivity (Wildman–Crippen MR) is 132 cm³/mol. The lowest BCUT2D eigenvalue weighted by Gasteiger charge is -2.19. The highest BCUT2D eigenvalue weighted by molar-refractivity contribution is 5.77. The van der Waals surface area contributed by atoms with Crippen molar-refractivity contribution in [1.82, 2.24) is 5.32 Å². The van der Waals surface area contributed by atoms with Crippen LogP contribution in [0.25, 0.3) is 0 Å². The van der Waals surface area contributed by atoms with E-state index in [0.29, 0.717) is 24.3 Å². The molecule has 1 rings (SSSR count). The number of ether oxygens (including phenoxy) is 4. The fraction of sp³-hybridized carbons (Fsp3) is 0.615. The number of hydrogen-bond acceptors (Lipinski definition) is 9. The van der Waals surface area contributed by atoms with Crippen LogP contribution in [0.4, 0.5) is 4.79 Å². The van der Waals surface area contributed by atoms with Crippen LogP contribution in [0.2, 0.25) is 0 Å². The van der Waals surface area contributed by atoms with Gasteiger partial charge in [0.05, 0.1) is 6.61 Å². The Morgan fingerprint density at radius 1 is 0.944 bits per heavy atom. The molecule has 2 N–H and O–H groups in total. The average Bonchev–Trinajstić information content (AvgIpc) is 2.78. The lowest BCUT2D eigenvalue weighted by atomic mass is 10.0. The van der Waals surface area contributed by atoms with Crippen LogP contribution in [0.15, 0.2) is 18.2 Å². The number of rotatable bonds is 16. The smallest absolute Gasteiger partial charge is 0.480 e. The van der Waals surface area contributed by atoms with Crippen molar-refractivity contribution in [2.24, 2.45) is 5.92 Å². The minimum atomic E-state index is -1.11. The molecule has 1 aromatic carbocycles. The fourth-order valence-electron chi connectivity index (χ4n) is 3.01. The summed E-state index contributed by atoms with van der Waals surface area (Å²) >= 11 is 0. The second-order valence-electron chi connectivity index (χ2n) is 8.94. The van der Waals surface area contributed by atoms with Crippen LogP contribution >= 0.6 is 0 Å². The second-order valence-corrected chi connectivity index (χ2v) is 8.94. The topological polar surface area (TPSA) is 137 Å². The SMILES string of the molecule is CCCC(=O)Oc1ccc(C[C@H](NCC(C)OC(=O)OCCC(C)C)C(=O)O)cc1OC(=O)CCC. The highest BCUT2D eigenvalue weighted by Crippen LogP contribution is 2.30. The highest BCUT2D eigenvalue weighted by atomic mass is 16.7. The molecule has 0 spiro atoms. The minimum Gasteiger partial charge on any atom is -0.480 e. The predicted octanol–water partition coefficient (Wildman–Crippen LogP) is 4.27. The van der Waals surface area contributed by atoms with Crippen molar-refractivity contribution < 1.29 is 43.2 Å². The summed E-state index contributed by atoms with van der Waals surface area (Å²) in [6.45, 7) is 9.66. The molecule has 10 heteroatoms. The lowest BCUT2D eigenvalue weighted by Crippen LogP contribution is -2.42. The number of carboxylic acid groups (broad SMARTS) is 1. The van der Waals surface area contributed by atoms with Gasteiger partial charge in [0.15, 0.2) is 11.5 Å². The monoisotopic (exact) mass is 509 g/mol. The van der Waals surface area contributed by atoms with E-state index in [4.69, 9.17) is 18.9 Å². The summed E-state index contributed by atoms with van der Waals surface area (Å²) in [5, 5.41) is 12.5. The first-order valence-corrected chi connectivity index (χ1v) is 12.4. The van der Waals surface area contributed by atoms with E-state index >= 15 is 0 Å². The average molecular weight is 510 g/mol. The van der Waals surface area contributed by atoms with Crippen molar-refractivity contribution >= 4 is 24.1 Å². The zero-order chi connectivity index (χ0) is 27.1. The second kappa shape index (κ2) is 16.5. The summed E-state index contributed by atoms with van der Waals surface area (Å²) in [4.78, 5) is 47.6. The zero-order valence-electron chi connectivity index (χ0n) is 21.8. The quantitative estimate of drug-likeness (QED) is 0.245. The summed E-state index contributed by atoms with van der Waals surface area (Å²) < 4.78 is 20.9. The Labute approximate surface area is 212 Å². The molecule has 0 aliphatic heterocycles. The molecule has 10 nitrogen and oxygen atoms in total.